The van der Waals surface area contributed by atoms with E-state index in [2.05, 4.69) is 10.6 Å². The van der Waals surface area contributed by atoms with Gasteiger partial charge in [0.15, 0.2) is 0 Å². The van der Waals surface area contributed by atoms with Crippen molar-refractivity contribution in [3.8, 4) is 0 Å². The molecular weight excluding hydrogens is 290 g/mol. The van der Waals surface area contributed by atoms with E-state index < -0.39 is 6.04 Å². The highest BCUT2D eigenvalue weighted by molar-refractivity contribution is 6.30. The summed E-state index contributed by atoms with van der Waals surface area (Å²) in [6.07, 6.45) is 0.945. The summed E-state index contributed by atoms with van der Waals surface area (Å²) in [5.41, 5.74) is 0.490. The number of likely N-dealkylation sites (N-methyl/N-ethyl adjacent to an activating group) is 1. The number of hydrogen-bond acceptors (Lipinski definition) is 3. The van der Waals surface area contributed by atoms with Gasteiger partial charge in [-0.15, -0.1) is 0 Å². The predicted octanol–water partition coefficient (Wildman–Crippen LogP) is 1.28. The number of rotatable bonds is 4. The van der Waals surface area contributed by atoms with Crippen molar-refractivity contribution in [3.63, 3.8) is 0 Å². The number of carbonyl (C=O) groups is 2. The van der Waals surface area contributed by atoms with Crippen LogP contribution >= 0.6 is 11.6 Å². The number of benzene rings is 1. The van der Waals surface area contributed by atoms with Gasteiger partial charge in [0, 0.05) is 30.2 Å². The van der Waals surface area contributed by atoms with Crippen LogP contribution in [0.2, 0.25) is 5.02 Å². The van der Waals surface area contributed by atoms with Gasteiger partial charge in [-0.2, -0.15) is 0 Å². The first kappa shape index (κ1) is 15.8. The summed E-state index contributed by atoms with van der Waals surface area (Å²) < 4.78 is 0. The van der Waals surface area contributed by atoms with Gasteiger partial charge in [-0.25, -0.2) is 0 Å². The summed E-state index contributed by atoms with van der Waals surface area (Å²) in [7, 11) is 1.78. The average Bonchev–Trinajstić information content (AvgIpc) is 3.00. The maximum Gasteiger partial charge on any atom is 0.251 e. The molecule has 1 aromatic carbocycles. The Bertz CT molecular complexity index is 512. The highest BCUT2D eigenvalue weighted by atomic mass is 35.5. The van der Waals surface area contributed by atoms with Gasteiger partial charge >= 0.3 is 0 Å². The Morgan fingerprint density at radius 3 is 2.62 bits per heavy atom. The van der Waals surface area contributed by atoms with Gasteiger partial charge in [-0.3, -0.25) is 9.59 Å². The van der Waals surface area contributed by atoms with Crippen molar-refractivity contribution in [2.24, 2.45) is 0 Å². The molecule has 2 atom stereocenters. The monoisotopic (exact) mass is 309 g/mol. The fourth-order valence-corrected chi connectivity index (χ4v) is 2.52. The van der Waals surface area contributed by atoms with E-state index in [1.54, 1.807) is 43.1 Å². The van der Waals surface area contributed by atoms with Crippen molar-refractivity contribution in [2.45, 2.75) is 25.4 Å². The summed E-state index contributed by atoms with van der Waals surface area (Å²) in [4.78, 5) is 26.1. The van der Waals surface area contributed by atoms with Crippen molar-refractivity contribution in [2.75, 3.05) is 20.1 Å². The first-order valence-corrected chi connectivity index (χ1v) is 7.40. The van der Waals surface area contributed by atoms with Crippen molar-refractivity contribution in [3.05, 3.63) is 34.9 Å². The first-order valence-electron chi connectivity index (χ1n) is 7.03. The molecule has 2 unspecified atom stereocenters. The van der Waals surface area contributed by atoms with Crippen LogP contribution in [0.3, 0.4) is 0 Å². The molecule has 0 aliphatic carbocycles. The molecule has 21 heavy (non-hydrogen) atoms. The number of halogens is 1. The smallest absolute Gasteiger partial charge is 0.251 e. The minimum Gasteiger partial charge on any atom is -0.341 e. The molecule has 1 fully saturated rings. The number of nitrogens with zero attached hydrogens (tertiary/aromatic N) is 1. The quantitative estimate of drug-likeness (QED) is 0.881. The van der Waals surface area contributed by atoms with E-state index in [1.165, 1.54) is 0 Å². The molecule has 1 aliphatic rings. The molecule has 2 N–H and O–H groups in total. The van der Waals surface area contributed by atoms with Crippen LogP contribution in [0.15, 0.2) is 24.3 Å². The van der Waals surface area contributed by atoms with Gasteiger partial charge in [0.25, 0.3) is 5.91 Å². The normalized spacial score (nSPS) is 19.1. The molecule has 0 spiro atoms. The van der Waals surface area contributed by atoms with Crippen LogP contribution in [0.1, 0.15) is 23.7 Å². The SMILES string of the molecule is CC(NC(=O)c1ccc(Cl)cc1)C(=O)N(C)C1CCNC1. The Morgan fingerprint density at radius 1 is 1.38 bits per heavy atom. The summed E-state index contributed by atoms with van der Waals surface area (Å²) in [5, 5.41) is 6.52. The molecule has 0 bridgehead atoms. The molecule has 2 amide bonds. The van der Waals surface area contributed by atoms with E-state index in [4.69, 9.17) is 11.6 Å². The van der Waals surface area contributed by atoms with Gasteiger partial charge in [0.1, 0.15) is 6.04 Å². The van der Waals surface area contributed by atoms with E-state index >= 15 is 0 Å². The summed E-state index contributed by atoms with van der Waals surface area (Å²) in [5.74, 6) is -0.350. The molecule has 1 heterocycles. The maximum atomic E-state index is 12.3. The lowest BCUT2D eigenvalue weighted by Gasteiger charge is -2.27. The third-order valence-electron chi connectivity index (χ3n) is 3.75. The van der Waals surface area contributed by atoms with Crippen molar-refractivity contribution in [1.82, 2.24) is 15.5 Å². The van der Waals surface area contributed by atoms with Crippen molar-refractivity contribution in [1.29, 1.82) is 0 Å². The predicted molar refractivity (Wildman–Crippen MR) is 82.4 cm³/mol. The Morgan fingerprint density at radius 2 is 2.05 bits per heavy atom. The molecule has 2 rings (SSSR count). The van der Waals surface area contributed by atoms with E-state index in [1.807, 2.05) is 0 Å². The molecule has 0 saturated carbocycles. The van der Waals surface area contributed by atoms with Crippen LogP contribution in [-0.2, 0) is 4.79 Å². The molecule has 0 radical (unpaired) electrons. The van der Waals surface area contributed by atoms with Crippen LogP contribution in [0.25, 0.3) is 0 Å². The molecular formula is C15H20ClN3O2. The van der Waals surface area contributed by atoms with Gasteiger partial charge < -0.3 is 15.5 Å². The molecule has 6 heteroatoms. The van der Waals surface area contributed by atoms with Gasteiger partial charge in [-0.1, -0.05) is 11.6 Å². The topological polar surface area (TPSA) is 61.4 Å². The zero-order valence-corrected chi connectivity index (χ0v) is 13.0. The average molecular weight is 310 g/mol. The van der Waals surface area contributed by atoms with E-state index in [0.717, 1.165) is 19.5 Å². The second-order valence-corrected chi connectivity index (χ2v) is 5.73. The highest BCUT2D eigenvalue weighted by Crippen LogP contribution is 2.11. The minimum atomic E-state index is -0.557. The lowest BCUT2D eigenvalue weighted by atomic mass is 10.1. The standard InChI is InChI=1S/C15H20ClN3O2/c1-10(15(21)19(2)13-7-8-17-9-13)18-14(20)11-3-5-12(16)6-4-11/h3-6,10,13,17H,7-9H2,1-2H3,(H,18,20). The largest absolute Gasteiger partial charge is 0.341 e. The van der Waals surface area contributed by atoms with Crippen LogP contribution in [0, 0.1) is 0 Å². The molecule has 0 aromatic heterocycles. The molecule has 5 nitrogen and oxygen atoms in total. The molecule has 114 valence electrons. The Kier molecular flexibility index (Phi) is 5.20. The van der Waals surface area contributed by atoms with Crippen LogP contribution in [0.4, 0.5) is 0 Å². The first-order chi connectivity index (χ1) is 9.99. The zero-order chi connectivity index (χ0) is 15.4. The van der Waals surface area contributed by atoms with Crippen LogP contribution < -0.4 is 10.6 Å². The second kappa shape index (κ2) is 6.91. The fraction of sp³-hybridized carbons (Fsp3) is 0.467. The van der Waals surface area contributed by atoms with Gasteiger partial charge in [0.05, 0.1) is 0 Å². The van der Waals surface area contributed by atoms with Crippen LogP contribution in [-0.4, -0.2) is 48.9 Å². The summed E-state index contributed by atoms with van der Waals surface area (Å²) >= 11 is 5.79. The lowest BCUT2D eigenvalue weighted by Crippen LogP contribution is -2.49. The molecule has 1 saturated heterocycles. The zero-order valence-electron chi connectivity index (χ0n) is 12.2. The number of hydrogen-bond donors (Lipinski definition) is 2. The Balaban J connectivity index is 1.93. The minimum absolute atomic E-state index is 0.0778. The third kappa shape index (κ3) is 3.95. The van der Waals surface area contributed by atoms with Crippen LogP contribution in [0.5, 0.6) is 0 Å². The van der Waals surface area contributed by atoms with Crippen molar-refractivity contribution < 1.29 is 9.59 Å². The number of nitrogens with one attached hydrogen (secondary N) is 2. The van der Waals surface area contributed by atoms with Gasteiger partial charge in [-0.05, 0) is 44.2 Å². The number of carbonyl (C=O) groups excluding carboxylic acids is 2. The maximum absolute atomic E-state index is 12.3. The van der Waals surface area contributed by atoms with E-state index in [-0.39, 0.29) is 17.9 Å². The molecule has 1 aliphatic heterocycles. The highest BCUT2D eigenvalue weighted by Gasteiger charge is 2.27. The molecule has 1 aromatic rings. The fourth-order valence-electron chi connectivity index (χ4n) is 2.40. The third-order valence-corrected chi connectivity index (χ3v) is 4.01. The van der Waals surface area contributed by atoms with E-state index in [0.29, 0.717) is 10.6 Å². The Labute approximate surface area is 129 Å². The van der Waals surface area contributed by atoms with Gasteiger partial charge in [0.2, 0.25) is 5.91 Å². The van der Waals surface area contributed by atoms with Crippen molar-refractivity contribution >= 4 is 23.4 Å². The Hall–Kier alpha value is -1.59. The number of amides is 2. The second-order valence-electron chi connectivity index (χ2n) is 5.30. The lowest BCUT2D eigenvalue weighted by molar-refractivity contribution is -0.133. The van der Waals surface area contributed by atoms with E-state index in [9.17, 15) is 9.59 Å². The summed E-state index contributed by atoms with van der Waals surface area (Å²) in [6, 6.07) is 6.23. The summed E-state index contributed by atoms with van der Waals surface area (Å²) in [6.45, 7) is 3.43.